The molecule has 3 aromatic carbocycles. The molecule has 0 atom stereocenters. The number of fused-ring (bicyclic) bond motifs is 3. The van der Waals surface area contributed by atoms with E-state index in [0.29, 0.717) is 35.6 Å². The maximum absolute atomic E-state index is 13.3. The third kappa shape index (κ3) is 3.38. The molecule has 0 saturated heterocycles. The molecule has 0 N–H and O–H groups in total. The van der Waals surface area contributed by atoms with Gasteiger partial charge in [-0.2, -0.15) is 0 Å². The number of benzene rings is 3. The molecule has 0 aliphatic carbocycles. The lowest BCUT2D eigenvalue weighted by atomic mass is 10.0. The van der Waals surface area contributed by atoms with Gasteiger partial charge < -0.3 is 9.15 Å². The summed E-state index contributed by atoms with van der Waals surface area (Å²) in [6.07, 6.45) is 0. The van der Waals surface area contributed by atoms with Gasteiger partial charge in [0.15, 0.2) is 0 Å². The summed E-state index contributed by atoms with van der Waals surface area (Å²) in [5, 5.41) is 1.30. The van der Waals surface area contributed by atoms with Crippen molar-refractivity contribution in [3.05, 3.63) is 98.9 Å². The molecule has 0 spiro atoms. The number of aryl methyl sites for hydroxylation is 1. The van der Waals surface area contributed by atoms with E-state index in [1.54, 1.807) is 6.07 Å². The topological polar surface area (TPSA) is 42.7 Å². The minimum absolute atomic E-state index is 0.0161. The van der Waals surface area contributed by atoms with Gasteiger partial charge in [-0.1, -0.05) is 54.1 Å². The lowest BCUT2D eigenvalue weighted by Gasteiger charge is -2.29. The lowest BCUT2D eigenvalue weighted by molar-refractivity contribution is 0.0890. The van der Waals surface area contributed by atoms with Crippen molar-refractivity contribution in [3.63, 3.8) is 0 Å². The molecule has 2 heterocycles. The first-order valence-corrected chi connectivity index (χ1v) is 10.2. The molecule has 0 unspecified atom stereocenters. The Kier molecular flexibility index (Phi) is 4.81. The summed E-state index contributed by atoms with van der Waals surface area (Å²) >= 11 is 5.99. The Morgan fingerprint density at radius 3 is 2.53 bits per heavy atom. The van der Waals surface area contributed by atoms with Crippen LogP contribution in [0.5, 0.6) is 5.75 Å². The molecule has 1 aromatic heterocycles. The summed E-state index contributed by atoms with van der Waals surface area (Å²) in [6.45, 7) is 3.69. The second kappa shape index (κ2) is 7.63. The van der Waals surface area contributed by atoms with E-state index < -0.39 is 0 Å². The highest BCUT2D eigenvalue weighted by Crippen LogP contribution is 2.34. The zero-order chi connectivity index (χ0) is 20.7. The SMILES string of the molecule is Cc1oc2c3c(ccc2c(=O)c1-c1ccccc1)OCN(Cc1ccc(Cl)cc1)C3. The number of hydrogen-bond donors (Lipinski definition) is 0. The van der Waals surface area contributed by atoms with Crippen LogP contribution in [-0.2, 0) is 13.1 Å². The number of nitrogens with zero attached hydrogens (tertiary/aromatic N) is 1. The average Bonchev–Trinajstić information content (AvgIpc) is 2.76. The summed E-state index contributed by atoms with van der Waals surface area (Å²) in [6, 6.07) is 21.1. The molecule has 150 valence electrons. The fourth-order valence-corrected chi connectivity index (χ4v) is 4.13. The van der Waals surface area contributed by atoms with Crippen molar-refractivity contribution in [2.45, 2.75) is 20.0 Å². The molecule has 0 radical (unpaired) electrons. The van der Waals surface area contributed by atoms with Crippen LogP contribution in [0, 0.1) is 6.92 Å². The fourth-order valence-electron chi connectivity index (χ4n) is 4.01. The largest absolute Gasteiger partial charge is 0.478 e. The average molecular weight is 418 g/mol. The van der Waals surface area contributed by atoms with Crippen molar-refractivity contribution < 1.29 is 9.15 Å². The summed E-state index contributed by atoms with van der Waals surface area (Å²) in [5.41, 5.74) is 4.12. The Balaban J connectivity index is 1.55. The summed E-state index contributed by atoms with van der Waals surface area (Å²) in [5.74, 6) is 1.38. The molecule has 5 rings (SSSR count). The van der Waals surface area contributed by atoms with E-state index in [0.717, 1.165) is 34.0 Å². The van der Waals surface area contributed by atoms with Gasteiger partial charge in [0.2, 0.25) is 5.43 Å². The molecule has 30 heavy (non-hydrogen) atoms. The van der Waals surface area contributed by atoms with Crippen molar-refractivity contribution in [3.8, 4) is 16.9 Å². The zero-order valence-corrected chi connectivity index (χ0v) is 17.3. The Bertz CT molecular complexity index is 1280. The molecule has 1 aliphatic rings. The van der Waals surface area contributed by atoms with Gasteiger partial charge in [0.05, 0.1) is 16.5 Å². The minimum atomic E-state index is -0.0161. The van der Waals surface area contributed by atoms with Crippen LogP contribution in [-0.4, -0.2) is 11.6 Å². The maximum Gasteiger partial charge on any atom is 0.200 e. The highest BCUT2D eigenvalue weighted by molar-refractivity contribution is 6.30. The Hall–Kier alpha value is -3.08. The fraction of sp³-hybridized carbons (Fsp3) is 0.160. The normalized spacial score (nSPS) is 13.8. The van der Waals surface area contributed by atoms with Crippen LogP contribution in [0.1, 0.15) is 16.9 Å². The Morgan fingerprint density at radius 1 is 1.00 bits per heavy atom. The molecule has 5 heteroatoms. The standard InChI is InChI=1S/C25H20ClNO3/c1-16-23(18-5-3-2-4-6-18)24(28)20-11-12-22-21(25(20)30-16)14-27(15-29-22)13-17-7-9-19(26)10-8-17/h2-12H,13-15H2,1H3. The monoisotopic (exact) mass is 417 g/mol. The van der Waals surface area contributed by atoms with E-state index >= 15 is 0 Å². The van der Waals surface area contributed by atoms with Crippen molar-refractivity contribution in [2.75, 3.05) is 6.73 Å². The first-order chi connectivity index (χ1) is 14.6. The third-order valence-corrected chi connectivity index (χ3v) is 5.71. The Morgan fingerprint density at radius 2 is 1.77 bits per heavy atom. The van der Waals surface area contributed by atoms with Crippen molar-refractivity contribution in [1.29, 1.82) is 0 Å². The van der Waals surface area contributed by atoms with E-state index in [1.807, 2.05) is 67.6 Å². The summed E-state index contributed by atoms with van der Waals surface area (Å²) in [4.78, 5) is 15.5. The zero-order valence-electron chi connectivity index (χ0n) is 16.5. The van der Waals surface area contributed by atoms with Gasteiger partial charge in [0.25, 0.3) is 0 Å². The third-order valence-electron chi connectivity index (χ3n) is 5.46. The van der Waals surface area contributed by atoms with Crippen LogP contribution in [0.25, 0.3) is 22.1 Å². The van der Waals surface area contributed by atoms with E-state index in [-0.39, 0.29) is 5.43 Å². The van der Waals surface area contributed by atoms with Crippen LogP contribution in [0.2, 0.25) is 5.02 Å². The molecule has 0 fully saturated rings. The number of ether oxygens (including phenoxy) is 1. The predicted octanol–water partition coefficient (Wildman–Crippen LogP) is 5.77. The van der Waals surface area contributed by atoms with E-state index in [9.17, 15) is 4.79 Å². The molecule has 4 nitrogen and oxygen atoms in total. The van der Waals surface area contributed by atoms with Gasteiger partial charge in [-0.3, -0.25) is 9.69 Å². The molecule has 4 aromatic rings. The Labute approximate surface area is 179 Å². The molecule has 0 amide bonds. The van der Waals surface area contributed by atoms with Crippen LogP contribution >= 0.6 is 11.6 Å². The summed E-state index contributed by atoms with van der Waals surface area (Å²) < 4.78 is 12.2. The first-order valence-electron chi connectivity index (χ1n) is 9.84. The van der Waals surface area contributed by atoms with Gasteiger partial charge in [-0.25, -0.2) is 0 Å². The number of rotatable bonds is 3. The van der Waals surface area contributed by atoms with E-state index in [2.05, 4.69) is 4.90 Å². The highest BCUT2D eigenvalue weighted by Gasteiger charge is 2.24. The van der Waals surface area contributed by atoms with Gasteiger partial charge >= 0.3 is 0 Å². The van der Waals surface area contributed by atoms with Crippen LogP contribution < -0.4 is 10.2 Å². The molecular weight excluding hydrogens is 398 g/mol. The molecular formula is C25H20ClNO3. The highest BCUT2D eigenvalue weighted by atomic mass is 35.5. The minimum Gasteiger partial charge on any atom is -0.478 e. The second-order valence-electron chi connectivity index (χ2n) is 7.53. The van der Waals surface area contributed by atoms with Crippen molar-refractivity contribution in [1.82, 2.24) is 4.90 Å². The molecule has 0 bridgehead atoms. The number of halogens is 1. The van der Waals surface area contributed by atoms with Crippen molar-refractivity contribution in [2.24, 2.45) is 0 Å². The van der Waals surface area contributed by atoms with Gasteiger partial charge in [0.1, 0.15) is 23.8 Å². The van der Waals surface area contributed by atoms with Crippen LogP contribution in [0.3, 0.4) is 0 Å². The van der Waals surface area contributed by atoms with Crippen molar-refractivity contribution >= 4 is 22.6 Å². The maximum atomic E-state index is 13.3. The van der Waals surface area contributed by atoms with Crippen LogP contribution in [0.4, 0.5) is 0 Å². The molecule has 1 aliphatic heterocycles. The smallest absolute Gasteiger partial charge is 0.200 e. The number of hydrogen-bond acceptors (Lipinski definition) is 4. The van der Waals surface area contributed by atoms with E-state index in [4.69, 9.17) is 20.8 Å². The second-order valence-corrected chi connectivity index (χ2v) is 7.97. The summed E-state index contributed by atoms with van der Waals surface area (Å²) in [7, 11) is 0. The predicted molar refractivity (Wildman–Crippen MR) is 119 cm³/mol. The quantitative estimate of drug-likeness (QED) is 0.424. The van der Waals surface area contributed by atoms with Gasteiger partial charge in [0, 0.05) is 18.1 Å². The first kappa shape index (κ1) is 18.9. The van der Waals surface area contributed by atoms with Crippen LogP contribution in [0.15, 0.2) is 75.9 Å². The van der Waals surface area contributed by atoms with E-state index in [1.165, 1.54) is 0 Å². The van der Waals surface area contributed by atoms with Gasteiger partial charge in [-0.05, 0) is 42.3 Å². The lowest BCUT2D eigenvalue weighted by Crippen LogP contribution is -2.31. The van der Waals surface area contributed by atoms with Gasteiger partial charge in [-0.15, -0.1) is 0 Å². The molecule has 0 saturated carbocycles.